The van der Waals surface area contributed by atoms with E-state index in [0.29, 0.717) is 25.2 Å². The maximum Gasteiger partial charge on any atom is 0.410 e. The van der Waals surface area contributed by atoms with Crippen LogP contribution in [0.25, 0.3) is 0 Å². The number of carbonyl (C=O) groups excluding carboxylic acids is 1. The van der Waals surface area contributed by atoms with Gasteiger partial charge in [0.25, 0.3) is 0 Å². The van der Waals surface area contributed by atoms with Gasteiger partial charge in [-0.1, -0.05) is 18.2 Å². The van der Waals surface area contributed by atoms with Gasteiger partial charge in [0, 0.05) is 30.7 Å². The molecule has 0 saturated heterocycles. The van der Waals surface area contributed by atoms with E-state index in [1.54, 1.807) is 17.0 Å². The maximum atomic E-state index is 13.6. The lowest BCUT2D eigenvalue weighted by Gasteiger charge is -2.36. The van der Waals surface area contributed by atoms with E-state index in [4.69, 9.17) is 4.74 Å². The van der Waals surface area contributed by atoms with Crippen molar-refractivity contribution in [2.24, 2.45) is 0 Å². The molecule has 1 aromatic rings. The highest BCUT2D eigenvalue weighted by atomic mass is 19.1. The summed E-state index contributed by atoms with van der Waals surface area (Å²) in [5.41, 5.74) is -0.254. The van der Waals surface area contributed by atoms with Crippen molar-refractivity contribution >= 4 is 6.09 Å². The summed E-state index contributed by atoms with van der Waals surface area (Å²) in [5.74, 6) is -0.222. The Morgan fingerprint density at radius 1 is 1.17 bits per heavy atom. The SMILES string of the molecule is CC(C)(C)OC(=O)N(CCNCc1ccccc1F)C(C)(C)C. The Kier molecular flexibility index (Phi) is 6.57. The van der Waals surface area contributed by atoms with Crippen LogP contribution in [0, 0.1) is 5.82 Å². The molecule has 0 saturated carbocycles. The summed E-state index contributed by atoms with van der Waals surface area (Å²) >= 11 is 0. The normalized spacial score (nSPS) is 12.1. The van der Waals surface area contributed by atoms with Gasteiger partial charge in [-0.25, -0.2) is 9.18 Å². The van der Waals surface area contributed by atoms with E-state index in [-0.39, 0.29) is 17.4 Å². The first kappa shape index (κ1) is 19.4. The molecule has 23 heavy (non-hydrogen) atoms. The van der Waals surface area contributed by atoms with Crippen molar-refractivity contribution in [1.82, 2.24) is 10.2 Å². The Labute approximate surface area is 139 Å². The van der Waals surface area contributed by atoms with Crippen LogP contribution in [-0.4, -0.2) is 35.2 Å². The van der Waals surface area contributed by atoms with E-state index in [2.05, 4.69) is 5.32 Å². The fourth-order valence-corrected chi connectivity index (χ4v) is 2.07. The molecule has 0 bridgehead atoms. The number of ether oxygens (including phenoxy) is 1. The predicted octanol–water partition coefficient (Wildman–Crippen LogP) is 3.95. The molecule has 0 aliphatic rings. The number of nitrogens with zero attached hydrogens (tertiary/aromatic N) is 1. The molecule has 1 rings (SSSR count). The van der Waals surface area contributed by atoms with Gasteiger partial charge < -0.3 is 15.0 Å². The van der Waals surface area contributed by atoms with Crippen molar-refractivity contribution in [3.05, 3.63) is 35.6 Å². The summed E-state index contributed by atoms with van der Waals surface area (Å²) in [4.78, 5) is 14.0. The van der Waals surface area contributed by atoms with Crippen molar-refractivity contribution in [2.75, 3.05) is 13.1 Å². The van der Waals surface area contributed by atoms with Gasteiger partial charge in [0.2, 0.25) is 0 Å². The number of rotatable bonds is 5. The van der Waals surface area contributed by atoms with Crippen LogP contribution in [0.5, 0.6) is 0 Å². The molecule has 0 radical (unpaired) electrons. The molecule has 0 unspecified atom stereocenters. The lowest BCUT2D eigenvalue weighted by atomic mass is 10.1. The molecule has 0 aliphatic heterocycles. The van der Waals surface area contributed by atoms with E-state index in [0.717, 1.165) is 0 Å². The molecule has 4 nitrogen and oxygen atoms in total. The summed E-state index contributed by atoms with van der Waals surface area (Å²) in [7, 11) is 0. The summed E-state index contributed by atoms with van der Waals surface area (Å²) < 4.78 is 19.0. The van der Waals surface area contributed by atoms with Crippen molar-refractivity contribution in [3.63, 3.8) is 0 Å². The van der Waals surface area contributed by atoms with Gasteiger partial charge in [-0.3, -0.25) is 0 Å². The van der Waals surface area contributed by atoms with Gasteiger partial charge >= 0.3 is 6.09 Å². The van der Waals surface area contributed by atoms with Gasteiger partial charge in [0.1, 0.15) is 11.4 Å². The van der Waals surface area contributed by atoms with E-state index in [9.17, 15) is 9.18 Å². The Morgan fingerprint density at radius 2 is 1.78 bits per heavy atom. The number of hydrogen-bond donors (Lipinski definition) is 1. The zero-order valence-corrected chi connectivity index (χ0v) is 15.1. The first-order chi connectivity index (χ1) is 10.5. The zero-order chi connectivity index (χ0) is 17.7. The van der Waals surface area contributed by atoms with Crippen LogP contribution >= 0.6 is 0 Å². The minimum absolute atomic E-state index is 0.222. The number of nitrogens with one attached hydrogen (secondary N) is 1. The third kappa shape index (κ3) is 6.99. The third-order valence-corrected chi connectivity index (χ3v) is 3.21. The van der Waals surface area contributed by atoms with Gasteiger partial charge in [0.05, 0.1) is 0 Å². The third-order valence-electron chi connectivity index (χ3n) is 3.21. The first-order valence-electron chi connectivity index (χ1n) is 7.95. The Morgan fingerprint density at radius 3 is 2.30 bits per heavy atom. The topological polar surface area (TPSA) is 41.6 Å². The van der Waals surface area contributed by atoms with Gasteiger partial charge in [-0.05, 0) is 47.6 Å². The fourth-order valence-electron chi connectivity index (χ4n) is 2.07. The summed E-state index contributed by atoms with van der Waals surface area (Å²) in [6, 6.07) is 6.67. The largest absolute Gasteiger partial charge is 0.444 e. The molecule has 0 atom stereocenters. The van der Waals surface area contributed by atoms with Crippen LogP contribution in [0.3, 0.4) is 0 Å². The smallest absolute Gasteiger partial charge is 0.410 e. The fraction of sp³-hybridized carbons (Fsp3) is 0.611. The number of hydrogen-bond acceptors (Lipinski definition) is 3. The van der Waals surface area contributed by atoms with Gasteiger partial charge in [-0.2, -0.15) is 0 Å². The molecular formula is C18H29FN2O2. The standard InChI is InChI=1S/C18H29FN2O2/c1-17(2,3)21(16(22)23-18(4,5)6)12-11-20-13-14-9-7-8-10-15(14)19/h7-10,20H,11-13H2,1-6H3. The maximum absolute atomic E-state index is 13.6. The van der Waals surface area contributed by atoms with E-state index in [1.807, 2.05) is 47.6 Å². The van der Waals surface area contributed by atoms with Gasteiger partial charge in [-0.15, -0.1) is 0 Å². The second kappa shape index (κ2) is 7.77. The van der Waals surface area contributed by atoms with Crippen LogP contribution in [0.2, 0.25) is 0 Å². The van der Waals surface area contributed by atoms with Crippen molar-refractivity contribution in [2.45, 2.75) is 59.2 Å². The lowest BCUT2D eigenvalue weighted by Crippen LogP contribution is -2.50. The number of benzene rings is 1. The van der Waals surface area contributed by atoms with Crippen molar-refractivity contribution in [3.8, 4) is 0 Å². The molecule has 0 spiro atoms. The molecule has 1 amide bonds. The van der Waals surface area contributed by atoms with Crippen molar-refractivity contribution in [1.29, 1.82) is 0 Å². The lowest BCUT2D eigenvalue weighted by molar-refractivity contribution is 0.00663. The average molecular weight is 324 g/mol. The number of halogens is 1. The second-order valence-electron chi connectivity index (χ2n) is 7.57. The second-order valence-corrected chi connectivity index (χ2v) is 7.57. The van der Waals surface area contributed by atoms with Crippen molar-refractivity contribution < 1.29 is 13.9 Å². The number of amides is 1. The summed E-state index contributed by atoms with van der Waals surface area (Å²) in [6.07, 6.45) is -0.335. The zero-order valence-electron chi connectivity index (χ0n) is 15.1. The highest BCUT2D eigenvalue weighted by molar-refractivity contribution is 5.69. The highest BCUT2D eigenvalue weighted by Crippen LogP contribution is 2.18. The molecule has 5 heteroatoms. The number of carbonyl (C=O) groups is 1. The highest BCUT2D eigenvalue weighted by Gasteiger charge is 2.30. The van der Waals surface area contributed by atoms with Crippen LogP contribution < -0.4 is 5.32 Å². The summed E-state index contributed by atoms with van der Waals surface area (Å²) in [5, 5.41) is 3.17. The average Bonchev–Trinajstić information content (AvgIpc) is 2.36. The van der Waals surface area contributed by atoms with E-state index in [1.165, 1.54) is 6.07 Å². The predicted molar refractivity (Wildman–Crippen MR) is 90.8 cm³/mol. The van der Waals surface area contributed by atoms with Crippen LogP contribution in [-0.2, 0) is 11.3 Å². The molecule has 0 fully saturated rings. The van der Waals surface area contributed by atoms with Gasteiger partial charge in [0.15, 0.2) is 0 Å². The minimum Gasteiger partial charge on any atom is -0.444 e. The first-order valence-corrected chi connectivity index (χ1v) is 7.95. The van der Waals surface area contributed by atoms with Crippen LogP contribution in [0.1, 0.15) is 47.1 Å². The minimum atomic E-state index is -0.527. The molecule has 0 aromatic heterocycles. The molecule has 1 aromatic carbocycles. The Balaban J connectivity index is 2.56. The Bertz CT molecular complexity index is 518. The van der Waals surface area contributed by atoms with E-state index >= 15 is 0 Å². The molecular weight excluding hydrogens is 295 g/mol. The molecule has 1 N–H and O–H groups in total. The Hall–Kier alpha value is -1.62. The summed E-state index contributed by atoms with van der Waals surface area (Å²) in [6.45, 7) is 12.9. The molecule has 0 heterocycles. The van der Waals surface area contributed by atoms with E-state index < -0.39 is 5.60 Å². The van der Waals surface area contributed by atoms with Crippen LogP contribution in [0.4, 0.5) is 9.18 Å². The molecule has 130 valence electrons. The monoisotopic (exact) mass is 324 g/mol. The van der Waals surface area contributed by atoms with Crippen LogP contribution in [0.15, 0.2) is 24.3 Å². The quantitative estimate of drug-likeness (QED) is 0.834. The molecule has 0 aliphatic carbocycles.